The first kappa shape index (κ1) is 15.1. The Morgan fingerprint density at radius 1 is 1.09 bits per heavy atom. The lowest BCUT2D eigenvalue weighted by Crippen LogP contribution is -1.99. The zero-order valence-electron chi connectivity index (χ0n) is 12.0. The van der Waals surface area contributed by atoms with Crippen molar-refractivity contribution in [1.29, 1.82) is 0 Å². The summed E-state index contributed by atoms with van der Waals surface area (Å²) in [5.41, 5.74) is 4.40. The van der Waals surface area contributed by atoms with Crippen molar-refractivity contribution in [2.75, 3.05) is 5.43 Å². The lowest BCUT2D eigenvalue weighted by Gasteiger charge is -2.04. The average Bonchev–Trinajstić information content (AvgIpc) is 2.56. The molecule has 114 valence electrons. The predicted octanol–water partition coefficient (Wildman–Crippen LogP) is 4.64. The van der Waals surface area contributed by atoms with Gasteiger partial charge in [0.25, 0.3) is 0 Å². The summed E-state index contributed by atoms with van der Waals surface area (Å²) in [5.74, 6) is -1.07. The smallest absolute Gasteiger partial charge is 0.337 e. The van der Waals surface area contributed by atoms with Crippen LogP contribution >= 0.6 is 11.6 Å². The summed E-state index contributed by atoms with van der Waals surface area (Å²) in [5, 5.41) is 15.7. The predicted molar refractivity (Wildman–Crippen MR) is 93.6 cm³/mol. The molecular formula is C18H13ClN2O2. The Bertz CT molecular complexity index is 901. The van der Waals surface area contributed by atoms with Crippen LogP contribution < -0.4 is 5.43 Å². The molecule has 4 nitrogen and oxygen atoms in total. The highest BCUT2D eigenvalue weighted by molar-refractivity contribution is 6.33. The molecule has 0 saturated carbocycles. The van der Waals surface area contributed by atoms with Crippen molar-refractivity contribution in [3.63, 3.8) is 0 Å². The Balaban J connectivity index is 1.84. The van der Waals surface area contributed by atoms with Gasteiger partial charge in [-0.05, 0) is 29.0 Å². The highest BCUT2D eigenvalue weighted by Gasteiger charge is 2.08. The topological polar surface area (TPSA) is 61.7 Å². The van der Waals surface area contributed by atoms with E-state index in [1.165, 1.54) is 12.1 Å². The highest BCUT2D eigenvalue weighted by atomic mass is 35.5. The van der Waals surface area contributed by atoms with Crippen molar-refractivity contribution in [3.8, 4) is 0 Å². The lowest BCUT2D eigenvalue weighted by atomic mass is 10.1. The van der Waals surface area contributed by atoms with Crippen molar-refractivity contribution >= 4 is 40.2 Å². The van der Waals surface area contributed by atoms with Gasteiger partial charge in [-0.25, -0.2) is 4.79 Å². The number of halogens is 1. The number of fused-ring (bicyclic) bond motifs is 1. The van der Waals surface area contributed by atoms with Crippen LogP contribution in [-0.4, -0.2) is 17.3 Å². The van der Waals surface area contributed by atoms with E-state index in [2.05, 4.69) is 10.5 Å². The van der Waals surface area contributed by atoms with E-state index in [4.69, 9.17) is 16.7 Å². The number of carbonyl (C=O) groups is 1. The minimum absolute atomic E-state index is 0.0389. The van der Waals surface area contributed by atoms with E-state index >= 15 is 0 Å². The number of hydrogen-bond acceptors (Lipinski definition) is 3. The molecule has 3 aromatic rings. The number of rotatable bonds is 4. The maximum absolute atomic E-state index is 11.1. The fourth-order valence-electron chi connectivity index (χ4n) is 2.30. The minimum atomic E-state index is -1.07. The second kappa shape index (κ2) is 6.50. The van der Waals surface area contributed by atoms with E-state index in [-0.39, 0.29) is 10.6 Å². The molecule has 0 aliphatic carbocycles. The van der Waals surface area contributed by atoms with Gasteiger partial charge in [-0.15, -0.1) is 0 Å². The van der Waals surface area contributed by atoms with E-state index < -0.39 is 5.97 Å². The summed E-state index contributed by atoms with van der Waals surface area (Å²) >= 11 is 5.84. The van der Waals surface area contributed by atoms with Gasteiger partial charge in [0.05, 0.1) is 22.5 Å². The number of hydrazone groups is 1. The molecule has 0 bridgehead atoms. The van der Waals surface area contributed by atoms with E-state index in [1.807, 2.05) is 42.5 Å². The number of aromatic carboxylic acids is 1. The summed E-state index contributed by atoms with van der Waals surface area (Å²) in [7, 11) is 0. The third kappa shape index (κ3) is 3.33. The van der Waals surface area contributed by atoms with Crippen LogP contribution in [0.25, 0.3) is 10.8 Å². The van der Waals surface area contributed by atoms with Gasteiger partial charge in [0.15, 0.2) is 0 Å². The zero-order valence-corrected chi connectivity index (χ0v) is 12.8. The second-order valence-electron chi connectivity index (χ2n) is 4.94. The van der Waals surface area contributed by atoms with Gasteiger partial charge in [-0.2, -0.15) is 5.10 Å². The fraction of sp³-hybridized carbons (Fsp3) is 0. The van der Waals surface area contributed by atoms with Crippen LogP contribution in [-0.2, 0) is 0 Å². The molecular weight excluding hydrogens is 312 g/mol. The Morgan fingerprint density at radius 2 is 1.87 bits per heavy atom. The number of carboxylic acids is 1. The third-order valence-corrected chi connectivity index (χ3v) is 3.75. The van der Waals surface area contributed by atoms with Crippen LogP contribution in [0.4, 0.5) is 5.69 Å². The molecule has 3 aromatic carbocycles. The van der Waals surface area contributed by atoms with Crippen LogP contribution in [0, 0.1) is 0 Å². The quantitative estimate of drug-likeness (QED) is 0.543. The normalized spacial score (nSPS) is 11.0. The molecule has 2 N–H and O–H groups in total. The Labute approximate surface area is 138 Å². The second-order valence-corrected chi connectivity index (χ2v) is 5.35. The molecule has 5 heteroatoms. The monoisotopic (exact) mass is 324 g/mol. The van der Waals surface area contributed by atoms with E-state index in [1.54, 1.807) is 12.3 Å². The summed E-state index contributed by atoms with van der Waals surface area (Å²) in [6.45, 7) is 0. The zero-order chi connectivity index (χ0) is 16.2. The van der Waals surface area contributed by atoms with Gasteiger partial charge in [-0.1, -0.05) is 54.1 Å². The van der Waals surface area contributed by atoms with Gasteiger partial charge in [0.1, 0.15) is 0 Å². The lowest BCUT2D eigenvalue weighted by molar-refractivity contribution is 0.0697. The summed E-state index contributed by atoms with van der Waals surface area (Å²) < 4.78 is 0. The molecule has 0 heterocycles. The van der Waals surface area contributed by atoms with Gasteiger partial charge in [0.2, 0.25) is 0 Å². The van der Waals surface area contributed by atoms with E-state index in [9.17, 15) is 4.79 Å². The molecule has 0 fully saturated rings. The van der Waals surface area contributed by atoms with Crippen LogP contribution in [0.2, 0.25) is 5.02 Å². The number of anilines is 1. The first-order chi connectivity index (χ1) is 11.1. The molecule has 3 rings (SSSR count). The molecule has 0 atom stereocenters. The number of carboxylic acid groups (broad SMARTS) is 1. The molecule has 0 aliphatic rings. The number of hydrogen-bond donors (Lipinski definition) is 2. The largest absolute Gasteiger partial charge is 0.478 e. The third-order valence-electron chi connectivity index (χ3n) is 3.42. The Hall–Kier alpha value is -2.85. The molecule has 0 amide bonds. The number of nitrogens with zero attached hydrogens (tertiary/aromatic N) is 1. The molecule has 23 heavy (non-hydrogen) atoms. The molecule has 0 aromatic heterocycles. The standard InChI is InChI=1S/C18H13ClN2O2/c19-17-9-8-14(10-16(17)18(22)23)21-20-11-13-6-3-5-12-4-1-2-7-15(12)13/h1-11,21H,(H,22,23)/b20-11-. The van der Waals surface area contributed by atoms with Crippen LogP contribution in [0.3, 0.4) is 0 Å². The van der Waals surface area contributed by atoms with Crippen LogP contribution in [0.5, 0.6) is 0 Å². The SMILES string of the molecule is O=C(O)c1cc(N/N=C\c2cccc3ccccc23)ccc1Cl. The first-order valence-corrected chi connectivity index (χ1v) is 7.32. The fourth-order valence-corrected chi connectivity index (χ4v) is 2.50. The highest BCUT2D eigenvalue weighted by Crippen LogP contribution is 2.21. The molecule has 0 radical (unpaired) electrons. The van der Waals surface area contributed by atoms with E-state index in [0.29, 0.717) is 5.69 Å². The molecule has 0 unspecified atom stereocenters. The summed E-state index contributed by atoms with van der Waals surface area (Å²) in [6, 6.07) is 18.7. The van der Waals surface area contributed by atoms with Crippen molar-refractivity contribution in [2.24, 2.45) is 5.10 Å². The van der Waals surface area contributed by atoms with Gasteiger partial charge >= 0.3 is 5.97 Å². The Morgan fingerprint density at radius 3 is 2.70 bits per heavy atom. The van der Waals surface area contributed by atoms with Crippen molar-refractivity contribution < 1.29 is 9.90 Å². The average molecular weight is 325 g/mol. The van der Waals surface area contributed by atoms with Crippen molar-refractivity contribution in [2.45, 2.75) is 0 Å². The number of benzene rings is 3. The van der Waals surface area contributed by atoms with Crippen molar-refractivity contribution in [1.82, 2.24) is 0 Å². The van der Waals surface area contributed by atoms with Gasteiger partial charge in [-0.3, -0.25) is 5.43 Å². The van der Waals surface area contributed by atoms with Gasteiger partial charge < -0.3 is 5.11 Å². The van der Waals surface area contributed by atoms with E-state index in [0.717, 1.165) is 16.3 Å². The maximum atomic E-state index is 11.1. The molecule has 0 spiro atoms. The maximum Gasteiger partial charge on any atom is 0.337 e. The van der Waals surface area contributed by atoms with Gasteiger partial charge in [0, 0.05) is 5.56 Å². The summed E-state index contributed by atoms with van der Waals surface area (Å²) in [4.78, 5) is 11.1. The summed E-state index contributed by atoms with van der Waals surface area (Å²) in [6.07, 6.45) is 1.71. The first-order valence-electron chi connectivity index (χ1n) is 6.95. The number of nitrogens with one attached hydrogen (secondary N) is 1. The van der Waals surface area contributed by atoms with Crippen LogP contribution in [0.15, 0.2) is 65.8 Å². The minimum Gasteiger partial charge on any atom is -0.478 e. The Kier molecular flexibility index (Phi) is 4.26. The van der Waals surface area contributed by atoms with Crippen LogP contribution in [0.1, 0.15) is 15.9 Å². The molecule has 0 saturated heterocycles. The molecule has 0 aliphatic heterocycles. The van der Waals surface area contributed by atoms with Crippen molar-refractivity contribution in [3.05, 3.63) is 76.8 Å².